The van der Waals surface area contributed by atoms with E-state index in [-0.39, 0.29) is 6.04 Å². The zero-order valence-corrected chi connectivity index (χ0v) is 13.4. The first-order valence-electron chi connectivity index (χ1n) is 6.59. The topological polar surface area (TPSA) is 21.3 Å². The Kier molecular flexibility index (Phi) is 3.90. The minimum atomic E-state index is 0.217. The highest BCUT2D eigenvalue weighted by atomic mass is 79.9. The molecule has 2 nitrogen and oxygen atoms in total. The van der Waals surface area contributed by atoms with Gasteiger partial charge in [0, 0.05) is 11.5 Å². The second-order valence-corrected chi connectivity index (χ2v) is 6.25. The number of anilines is 1. The van der Waals surface area contributed by atoms with Crippen molar-refractivity contribution in [2.75, 3.05) is 11.9 Å². The summed E-state index contributed by atoms with van der Waals surface area (Å²) in [6, 6.07) is 14.2. The van der Waals surface area contributed by atoms with Crippen molar-refractivity contribution in [2.24, 2.45) is 5.92 Å². The number of benzene rings is 2. The number of fused-ring (bicyclic) bond motifs is 1. The molecule has 2 aromatic rings. The van der Waals surface area contributed by atoms with E-state index in [9.17, 15) is 0 Å². The molecule has 1 N–H and O–H groups in total. The summed E-state index contributed by atoms with van der Waals surface area (Å²) in [7, 11) is 0. The molecule has 0 fully saturated rings. The molecule has 0 bridgehead atoms. The first kappa shape index (κ1) is 13.8. The monoisotopic (exact) mass is 351 g/mol. The average Bonchev–Trinajstić information content (AvgIpc) is 2.46. The van der Waals surface area contributed by atoms with E-state index in [1.807, 2.05) is 36.4 Å². The van der Waals surface area contributed by atoms with Crippen LogP contribution >= 0.6 is 27.5 Å². The normalized spacial score (nSPS) is 20.9. The molecule has 2 atom stereocenters. The highest BCUT2D eigenvalue weighted by molar-refractivity contribution is 9.10. The molecule has 0 saturated heterocycles. The highest BCUT2D eigenvalue weighted by Crippen LogP contribution is 2.39. The van der Waals surface area contributed by atoms with Crippen LogP contribution in [0, 0.1) is 5.92 Å². The van der Waals surface area contributed by atoms with Gasteiger partial charge in [-0.15, -0.1) is 0 Å². The molecule has 104 valence electrons. The minimum absolute atomic E-state index is 0.217. The quantitative estimate of drug-likeness (QED) is 0.793. The number of para-hydroxylation sites is 1. The van der Waals surface area contributed by atoms with Crippen LogP contribution in [0.5, 0.6) is 5.75 Å². The number of rotatable bonds is 2. The van der Waals surface area contributed by atoms with Crippen molar-refractivity contribution in [3.8, 4) is 5.75 Å². The standard InChI is InChI=1S/C16H15BrClNO/c1-10-9-20-14-8-3-2-5-11(14)16(10)19-13-7-4-6-12(18)15(13)17/h2-8,10,16,19H,9H2,1H3. The molecular weight excluding hydrogens is 338 g/mol. The Morgan fingerprint density at radius 2 is 2.00 bits per heavy atom. The summed E-state index contributed by atoms with van der Waals surface area (Å²) in [5.74, 6) is 1.34. The fraction of sp³-hybridized carbons (Fsp3) is 0.250. The number of nitrogens with one attached hydrogen (secondary N) is 1. The van der Waals surface area contributed by atoms with Gasteiger partial charge in [0.1, 0.15) is 5.75 Å². The maximum Gasteiger partial charge on any atom is 0.124 e. The zero-order valence-electron chi connectivity index (χ0n) is 11.1. The Balaban J connectivity index is 1.96. The first-order valence-corrected chi connectivity index (χ1v) is 7.76. The van der Waals surface area contributed by atoms with Crippen LogP contribution in [0.15, 0.2) is 46.9 Å². The molecule has 2 aromatic carbocycles. The molecule has 1 aliphatic heterocycles. The van der Waals surface area contributed by atoms with Crippen molar-refractivity contribution in [1.29, 1.82) is 0 Å². The Morgan fingerprint density at radius 3 is 2.85 bits per heavy atom. The molecule has 0 aliphatic carbocycles. The summed E-state index contributed by atoms with van der Waals surface area (Å²) >= 11 is 9.70. The van der Waals surface area contributed by atoms with Gasteiger partial charge in [-0.3, -0.25) is 0 Å². The van der Waals surface area contributed by atoms with Gasteiger partial charge >= 0.3 is 0 Å². The molecule has 0 aromatic heterocycles. The van der Waals surface area contributed by atoms with E-state index < -0.39 is 0 Å². The summed E-state index contributed by atoms with van der Waals surface area (Å²) in [5, 5.41) is 4.30. The molecule has 0 saturated carbocycles. The molecule has 1 aliphatic rings. The molecule has 0 spiro atoms. The molecule has 3 rings (SSSR count). The van der Waals surface area contributed by atoms with Crippen molar-refractivity contribution in [1.82, 2.24) is 0 Å². The Labute approximate surface area is 132 Å². The van der Waals surface area contributed by atoms with Gasteiger partial charge in [0.2, 0.25) is 0 Å². The molecular formula is C16H15BrClNO. The summed E-state index contributed by atoms with van der Waals surface area (Å²) < 4.78 is 6.68. The van der Waals surface area contributed by atoms with Gasteiger partial charge in [0.25, 0.3) is 0 Å². The smallest absolute Gasteiger partial charge is 0.124 e. The average molecular weight is 353 g/mol. The summed E-state index contributed by atoms with van der Waals surface area (Å²) in [6.45, 7) is 2.90. The van der Waals surface area contributed by atoms with Gasteiger partial charge in [0.15, 0.2) is 0 Å². The predicted molar refractivity (Wildman–Crippen MR) is 86.6 cm³/mol. The fourth-order valence-electron chi connectivity index (χ4n) is 2.50. The molecule has 2 unspecified atom stereocenters. The lowest BCUT2D eigenvalue weighted by Gasteiger charge is -2.33. The van der Waals surface area contributed by atoms with E-state index in [0.29, 0.717) is 17.5 Å². The Bertz CT molecular complexity index is 632. The second-order valence-electron chi connectivity index (χ2n) is 5.05. The SMILES string of the molecule is CC1COc2ccccc2C1Nc1cccc(Cl)c1Br. The lowest BCUT2D eigenvalue weighted by atomic mass is 9.92. The maximum absolute atomic E-state index is 6.16. The molecule has 0 radical (unpaired) electrons. The molecule has 4 heteroatoms. The van der Waals surface area contributed by atoms with Crippen LogP contribution < -0.4 is 10.1 Å². The van der Waals surface area contributed by atoms with Crippen LogP contribution in [0.3, 0.4) is 0 Å². The van der Waals surface area contributed by atoms with Crippen molar-refractivity contribution in [2.45, 2.75) is 13.0 Å². The van der Waals surface area contributed by atoms with Crippen molar-refractivity contribution in [3.63, 3.8) is 0 Å². The van der Waals surface area contributed by atoms with E-state index >= 15 is 0 Å². The number of hydrogen-bond acceptors (Lipinski definition) is 2. The van der Waals surface area contributed by atoms with Gasteiger partial charge in [-0.2, -0.15) is 0 Å². The second kappa shape index (κ2) is 5.66. The lowest BCUT2D eigenvalue weighted by Crippen LogP contribution is -2.28. The largest absolute Gasteiger partial charge is 0.493 e. The lowest BCUT2D eigenvalue weighted by molar-refractivity contribution is 0.214. The summed E-state index contributed by atoms with van der Waals surface area (Å²) in [4.78, 5) is 0. The van der Waals surface area contributed by atoms with Crippen molar-refractivity contribution in [3.05, 3.63) is 57.5 Å². The maximum atomic E-state index is 6.16. The van der Waals surface area contributed by atoms with Gasteiger partial charge < -0.3 is 10.1 Å². The van der Waals surface area contributed by atoms with Crippen LogP contribution in [0.25, 0.3) is 0 Å². The highest BCUT2D eigenvalue weighted by Gasteiger charge is 2.28. The molecule has 0 amide bonds. The Hall–Kier alpha value is -1.19. The van der Waals surface area contributed by atoms with Gasteiger partial charge in [-0.05, 0) is 34.1 Å². The van der Waals surface area contributed by atoms with Crippen LogP contribution in [-0.2, 0) is 0 Å². The van der Waals surface area contributed by atoms with E-state index in [0.717, 1.165) is 15.9 Å². The van der Waals surface area contributed by atoms with Crippen LogP contribution in [0.2, 0.25) is 5.02 Å². The third-order valence-electron chi connectivity index (χ3n) is 3.59. The van der Waals surface area contributed by atoms with Gasteiger partial charge in [0.05, 0.1) is 27.8 Å². The Morgan fingerprint density at radius 1 is 1.20 bits per heavy atom. The van der Waals surface area contributed by atoms with Gasteiger partial charge in [-0.25, -0.2) is 0 Å². The number of hydrogen-bond donors (Lipinski definition) is 1. The van der Waals surface area contributed by atoms with E-state index in [1.54, 1.807) is 0 Å². The van der Waals surface area contributed by atoms with Gasteiger partial charge in [-0.1, -0.05) is 42.8 Å². The van der Waals surface area contributed by atoms with E-state index in [4.69, 9.17) is 16.3 Å². The van der Waals surface area contributed by atoms with Crippen molar-refractivity contribution < 1.29 is 4.74 Å². The molecule has 1 heterocycles. The number of ether oxygens (including phenoxy) is 1. The predicted octanol–water partition coefficient (Wildman–Crippen LogP) is 5.28. The van der Waals surface area contributed by atoms with E-state index in [1.165, 1.54) is 5.56 Å². The fourth-order valence-corrected chi connectivity index (χ4v) is 3.05. The third-order valence-corrected chi connectivity index (χ3v) is 4.99. The van der Waals surface area contributed by atoms with E-state index in [2.05, 4.69) is 34.2 Å². The number of halogens is 2. The third kappa shape index (κ3) is 2.52. The van der Waals surface area contributed by atoms with Crippen molar-refractivity contribution >= 4 is 33.2 Å². The summed E-state index contributed by atoms with van der Waals surface area (Å²) in [5.41, 5.74) is 2.20. The van der Waals surface area contributed by atoms with Crippen LogP contribution in [-0.4, -0.2) is 6.61 Å². The summed E-state index contributed by atoms with van der Waals surface area (Å²) in [6.07, 6.45) is 0. The minimum Gasteiger partial charge on any atom is -0.493 e. The first-order chi connectivity index (χ1) is 9.66. The van der Waals surface area contributed by atoms with Crippen LogP contribution in [0.1, 0.15) is 18.5 Å². The molecule has 20 heavy (non-hydrogen) atoms. The zero-order chi connectivity index (χ0) is 14.1. The van der Waals surface area contributed by atoms with Crippen LogP contribution in [0.4, 0.5) is 5.69 Å².